The van der Waals surface area contributed by atoms with Gasteiger partial charge in [-0.15, -0.1) is 5.11 Å². The molecule has 0 spiro atoms. The summed E-state index contributed by atoms with van der Waals surface area (Å²) in [6.45, 7) is 0.675. The van der Waals surface area contributed by atoms with Crippen molar-refractivity contribution in [3.63, 3.8) is 0 Å². The minimum absolute atomic E-state index is 0.00774. The Labute approximate surface area is 115 Å². The van der Waals surface area contributed by atoms with Gasteiger partial charge in [-0.1, -0.05) is 5.22 Å². The molecule has 1 amide bonds. The second-order valence-electron chi connectivity index (χ2n) is 4.40. The zero-order valence-corrected chi connectivity index (χ0v) is 11.0. The Hall–Kier alpha value is -2.51. The molecule has 8 nitrogen and oxygen atoms in total. The van der Waals surface area contributed by atoms with E-state index in [0.29, 0.717) is 12.2 Å². The summed E-state index contributed by atoms with van der Waals surface area (Å²) in [4.78, 5) is 21.7. The molecular formula is C12H15N5O3. The van der Waals surface area contributed by atoms with Crippen molar-refractivity contribution in [2.75, 3.05) is 13.6 Å². The molecule has 1 aliphatic heterocycles. The molecule has 1 aromatic rings. The first-order chi connectivity index (χ1) is 9.61. The van der Waals surface area contributed by atoms with E-state index < -0.39 is 4.92 Å². The molecule has 1 heterocycles. The van der Waals surface area contributed by atoms with Crippen LogP contribution in [-0.4, -0.2) is 35.5 Å². The molecule has 1 atom stereocenters. The third-order valence-corrected chi connectivity index (χ3v) is 3.11. The topological polar surface area (TPSA) is 100 Å². The van der Waals surface area contributed by atoms with E-state index in [9.17, 15) is 14.9 Å². The molecule has 1 unspecified atom stereocenters. The Kier molecular flexibility index (Phi) is 4.24. The van der Waals surface area contributed by atoms with Gasteiger partial charge in [-0.2, -0.15) is 0 Å². The maximum atomic E-state index is 11.6. The number of nitrogens with one attached hydrogen (secondary N) is 1. The van der Waals surface area contributed by atoms with Crippen molar-refractivity contribution in [3.8, 4) is 0 Å². The first-order valence-corrected chi connectivity index (χ1v) is 6.26. The van der Waals surface area contributed by atoms with Crippen molar-refractivity contribution in [2.45, 2.75) is 18.9 Å². The second-order valence-corrected chi connectivity index (χ2v) is 4.40. The normalized spacial score (nSPS) is 18.4. The van der Waals surface area contributed by atoms with Gasteiger partial charge in [0.2, 0.25) is 5.91 Å². The maximum Gasteiger partial charge on any atom is 0.269 e. The van der Waals surface area contributed by atoms with Crippen LogP contribution in [0.15, 0.2) is 34.6 Å². The number of carbonyl (C=O) groups excluding carboxylic acids is 1. The number of likely N-dealkylation sites (N-methyl/N-ethyl adjacent to an activating group) is 1. The quantitative estimate of drug-likeness (QED) is 0.515. The third-order valence-electron chi connectivity index (χ3n) is 3.11. The Balaban J connectivity index is 2.05. The van der Waals surface area contributed by atoms with Gasteiger partial charge in [-0.25, -0.2) is 0 Å². The zero-order valence-electron chi connectivity index (χ0n) is 11.0. The van der Waals surface area contributed by atoms with E-state index in [0.717, 1.165) is 12.8 Å². The molecular weight excluding hydrogens is 262 g/mol. The molecule has 8 heteroatoms. The van der Waals surface area contributed by atoms with Crippen molar-refractivity contribution in [1.82, 2.24) is 10.3 Å². The smallest absolute Gasteiger partial charge is 0.269 e. The van der Waals surface area contributed by atoms with Crippen molar-refractivity contribution in [2.24, 2.45) is 10.3 Å². The summed E-state index contributed by atoms with van der Waals surface area (Å²) < 4.78 is 0. The molecule has 1 N–H and O–H groups in total. The van der Waals surface area contributed by atoms with Gasteiger partial charge in [-0.05, 0) is 25.0 Å². The largest absolute Gasteiger partial charge is 0.357 e. The lowest BCUT2D eigenvalue weighted by Gasteiger charge is -2.17. The highest BCUT2D eigenvalue weighted by Gasteiger charge is 2.29. The summed E-state index contributed by atoms with van der Waals surface area (Å²) in [6, 6.07) is 5.49. The molecule has 20 heavy (non-hydrogen) atoms. The molecule has 106 valence electrons. The van der Waals surface area contributed by atoms with Crippen LogP contribution in [0.2, 0.25) is 0 Å². The lowest BCUT2D eigenvalue weighted by atomic mass is 10.2. The van der Waals surface area contributed by atoms with E-state index in [1.54, 1.807) is 12.1 Å². The fraction of sp³-hybridized carbons (Fsp3) is 0.417. The van der Waals surface area contributed by atoms with Crippen LogP contribution in [0.25, 0.3) is 0 Å². The van der Waals surface area contributed by atoms with E-state index in [2.05, 4.69) is 15.7 Å². The van der Waals surface area contributed by atoms with Crippen LogP contribution in [0.4, 0.5) is 11.4 Å². The Morgan fingerprint density at radius 2 is 2.15 bits per heavy atom. The van der Waals surface area contributed by atoms with Gasteiger partial charge in [0.15, 0.2) is 0 Å². The Bertz CT molecular complexity index is 528. The van der Waals surface area contributed by atoms with Crippen LogP contribution in [0.3, 0.4) is 0 Å². The maximum absolute atomic E-state index is 11.6. The van der Waals surface area contributed by atoms with Gasteiger partial charge in [0.05, 0.1) is 10.6 Å². The number of non-ortho nitro benzene ring substituents is 1. The van der Waals surface area contributed by atoms with E-state index in [1.165, 1.54) is 24.3 Å². The van der Waals surface area contributed by atoms with E-state index in [-0.39, 0.29) is 17.6 Å². The van der Waals surface area contributed by atoms with Crippen LogP contribution in [0, 0.1) is 10.1 Å². The lowest BCUT2D eigenvalue weighted by Crippen LogP contribution is -2.39. The number of benzene rings is 1. The summed E-state index contributed by atoms with van der Waals surface area (Å²) in [7, 11) is 1.59. The van der Waals surface area contributed by atoms with Gasteiger partial charge in [0.1, 0.15) is 6.04 Å². The molecule has 1 saturated heterocycles. The number of carbonyl (C=O) groups is 1. The monoisotopic (exact) mass is 277 g/mol. The highest BCUT2D eigenvalue weighted by molar-refractivity contribution is 5.81. The lowest BCUT2D eigenvalue weighted by molar-refractivity contribution is -0.384. The molecule has 1 fully saturated rings. The van der Waals surface area contributed by atoms with Crippen LogP contribution in [-0.2, 0) is 4.79 Å². The Morgan fingerprint density at radius 3 is 2.75 bits per heavy atom. The van der Waals surface area contributed by atoms with Crippen molar-refractivity contribution in [1.29, 1.82) is 0 Å². The number of rotatable bonds is 4. The molecule has 2 rings (SSSR count). The van der Waals surface area contributed by atoms with E-state index >= 15 is 0 Å². The molecule has 1 aliphatic rings. The predicted octanol–water partition coefficient (Wildman–Crippen LogP) is 1.80. The number of nitrogens with zero attached hydrogens (tertiary/aromatic N) is 4. The standard InChI is InChI=1S/C12H15N5O3/c1-13-12(18)11-3-2-8-16(11)15-14-9-4-6-10(7-5-9)17(19)20/h4-7,11H,2-3,8H2,1H3,(H,13,18). The number of hydrogen-bond donors (Lipinski definition) is 1. The summed E-state index contributed by atoms with van der Waals surface area (Å²) in [5, 5.41) is 22.8. The van der Waals surface area contributed by atoms with Gasteiger partial charge in [0.25, 0.3) is 5.69 Å². The van der Waals surface area contributed by atoms with E-state index in [4.69, 9.17) is 0 Å². The highest BCUT2D eigenvalue weighted by Crippen LogP contribution is 2.22. The van der Waals surface area contributed by atoms with Crippen molar-refractivity contribution in [3.05, 3.63) is 34.4 Å². The number of nitro benzene ring substituents is 1. The molecule has 1 aromatic carbocycles. The fourth-order valence-electron chi connectivity index (χ4n) is 2.04. The average molecular weight is 277 g/mol. The average Bonchev–Trinajstić information content (AvgIpc) is 2.93. The van der Waals surface area contributed by atoms with Crippen LogP contribution < -0.4 is 5.32 Å². The minimum Gasteiger partial charge on any atom is -0.357 e. The highest BCUT2D eigenvalue weighted by atomic mass is 16.6. The number of nitro groups is 1. The second kappa shape index (κ2) is 6.09. The first kappa shape index (κ1) is 13.9. The first-order valence-electron chi connectivity index (χ1n) is 6.26. The molecule has 0 aliphatic carbocycles. The molecule has 0 bridgehead atoms. The van der Waals surface area contributed by atoms with Gasteiger partial charge in [0, 0.05) is 25.7 Å². The van der Waals surface area contributed by atoms with Gasteiger partial charge < -0.3 is 5.32 Å². The SMILES string of the molecule is CNC(=O)C1CCCN1N=Nc1ccc([N+](=O)[O-])cc1. The molecule has 0 aromatic heterocycles. The van der Waals surface area contributed by atoms with Gasteiger partial charge in [-0.3, -0.25) is 19.9 Å². The van der Waals surface area contributed by atoms with Crippen molar-refractivity contribution >= 4 is 17.3 Å². The third kappa shape index (κ3) is 3.08. The summed E-state index contributed by atoms with van der Waals surface area (Å²) in [5.41, 5.74) is 0.520. The minimum atomic E-state index is -0.469. The molecule has 0 radical (unpaired) electrons. The molecule has 0 saturated carbocycles. The summed E-state index contributed by atoms with van der Waals surface area (Å²) in [6.07, 6.45) is 1.64. The summed E-state index contributed by atoms with van der Waals surface area (Å²) in [5.74, 6) is -0.0786. The van der Waals surface area contributed by atoms with Crippen LogP contribution in [0.5, 0.6) is 0 Å². The Morgan fingerprint density at radius 1 is 1.45 bits per heavy atom. The predicted molar refractivity (Wildman–Crippen MR) is 71.4 cm³/mol. The van der Waals surface area contributed by atoms with Crippen molar-refractivity contribution < 1.29 is 9.72 Å². The fourth-order valence-corrected chi connectivity index (χ4v) is 2.04. The summed E-state index contributed by atoms with van der Waals surface area (Å²) >= 11 is 0. The van der Waals surface area contributed by atoms with E-state index in [1.807, 2.05) is 0 Å². The van der Waals surface area contributed by atoms with Crippen LogP contribution in [0.1, 0.15) is 12.8 Å². The zero-order chi connectivity index (χ0) is 14.5. The van der Waals surface area contributed by atoms with Gasteiger partial charge >= 0.3 is 0 Å². The number of hydrogen-bond acceptors (Lipinski definition) is 5. The number of amides is 1. The van der Waals surface area contributed by atoms with Crippen LogP contribution >= 0.6 is 0 Å².